The number of hydrogen-bond acceptors (Lipinski definition) is 3. The number of aliphatic carboxylic acids is 1. The molecule has 13 heavy (non-hydrogen) atoms. The summed E-state index contributed by atoms with van der Waals surface area (Å²) in [4.78, 5) is 10.7. The first-order valence-electron chi connectivity index (χ1n) is 4.30. The van der Waals surface area contributed by atoms with Crippen molar-refractivity contribution < 1.29 is 9.90 Å². The molecule has 1 atom stereocenters. The number of carboxylic acids is 1. The van der Waals surface area contributed by atoms with Gasteiger partial charge >= 0.3 is 0 Å². The second-order valence-electron chi connectivity index (χ2n) is 3.11. The Hall–Kier alpha value is -1.32. The van der Waals surface area contributed by atoms with E-state index < -0.39 is 12.0 Å². The Kier molecular flexibility index (Phi) is 2.70. The number of carbonyl (C=O) groups is 1. The predicted molar refractivity (Wildman–Crippen MR) is 46.0 cm³/mol. The molecule has 0 aliphatic heterocycles. The number of carboxylic acid groups (broad SMARTS) is 1. The van der Waals surface area contributed by atoms with Crippen LogP contribution in [-0.2, 0) is 4.79 Å². The monoisotopic (exact) mass is 181 g/mol. The van der Waals surface area contributed by atoms with Crippen molar-refractivity contribution in [2.24, 2.45) is 0 Å². The summed E-state index contributed by atoms with van der Waals surface area (Å²) < 4.78 is 1.50. The average Bonchev–Trinajstić information content (AvgIpc) is 2.31. The topological polar surface area (TPSA) is 57.9 Å². The van der Waals surface area contributed by atoms with Crippen LogP contribution in [-0.4, -0.2) is 15.7 Å². The molecule has 0 fully saturated rings. The zero-order valence-electron chi connectivity index (χ0n) is 8.07. The van der Waals surface area contributed by atoms with E-state index in [0.29, 0.717) is 6.42 Å². The van der Waals surface area contributed by atoms with Crippen LogP contribution in [0.25, 0.3) is 0 Å². The maximum Gasteiger partial charge on any atom is 0.0912 e. The molecule has 72 valence electrons. The van der Waals surface area contributed by atoms with Crippen LogP contribution in [0.2, 0.25) is 0 Å². The molecule has 4 nitrogen and oxygen atoms in total. The van der Waals surface area contributed by atoms with Crippen LogP contribution in [0.5, 0.6) is 0 Å². The van der Waals surface area contributed by atoms with E-state index in [4.69, 9.17) is 0 Å². The molecular formula is C9H13N2O2-. The molecule has 0 saturated carbocycles. The van der Waals surface area contributed by atoms with Gasteiger partial charge in [0.25, 0.3) is 0 Å². The van der Waals surface area contributed by atoms with E-state index in [1.165, 1.54) is 4.68 Å². The van der Waals surface area contributed by atoms with E-state index >= 15 is 0 Å². The first-order chi connectivity index (χ1) is 6.06. The molecule has 0 spiro atoms. The molecule has 0 aliphatic carbocycles. The third-order valence-corrected chi connectivity index (χ3v) is 2.00. The molecule has 0 saturated heterocycles. The smallest absolute Gasteiger partial charge is 0.0912 e. The van der Waals surface area contributed by atoms with Gasteiger partial charge < -0.3 is 9.90 Å². The van der Waals surface area contributed by atoms with Crippen LogP contribution in [0.1, 0.15) is 30.8 Å². The largest absolute Gasteiger partial charge is 0.548 e. The zero-order valence-corrected chi connectivity index (χ0v) is 8.07. The summed E-state index contributed by atoms with van der Waals surface area (Å²) >= 11 is 0. The van der Waals surface area contributed by atoms with Gasteiger partial charge in [0.2, 0.25) is 0 Å². The van der Waals surface area contributed by atoms with Gasteiger partial charge in [-0.1, -0.05) is 6.92 Å². The molecule has 0 unspecified atom stereocenters. The standard InChI is InChI=1S/C9H14N2O2/c1-4-8(9(12)13)11-7(3)5-6(2)10-11/h5,8H,4H2,1-3H3,(H,12,13)/p-1/t8-/m0/s1. The maximum absolute atomic E-state index is 10.7. The molecule has 0 bridgehead atoms. The van der Waals surface area contributed by atoms with Crippen LogP contribution in [0, 0.1) is 13.8 Å². The lowest BCUT2D eigenvalue weighted by molar-refractivity contribution is -0.310. The van der Waals surface area contributed by atoms with Crippen molar-refractivity contribution in [2.45, 2.75) is 33.2 Å². The average molecular weight is 181 g/mol. The summed E-state index contributed by atoms with van der Waals surface area (Å²) in [6.45, 7) is 5.48. The zero-order chi connectivity index (χ0) is 10.0. The molecule has 1 heterocycles. The molecule has 0 aromatic carbocycles. The predicted octanol–water partition coefficient (Wildman–Crippen LogP) is 0.201. The molecule has 1 aromatic heterocycles. The van der Waals surface area contributed by atoms with Gasteiger partial charge in [0, 0.05) is 5.69 Å². The first kappa shape index (κ1) is 9.77. The van der Waals surface area contributed by atoms with E-state index in [-0.39, 0.29) is 0 Å². The van der Waals surface area contributed by atoms with Gasteiger partial charge in [-0.05, 0) is 26.3 Å². The lowest BCUT2D eigenvalue weighted by Crippen LogP contribution is -2.34. The quantitative estimate of drug-likeness (QED) is 0.669. The summed E-state index contributed by atoms with van der Waals surface area (Å²) in [5, 5.41) is 14.8. The van der Waals surface area contributed by atoms with Crippen molar-refractivity contribution in [1.29, 1.82) is 0 Å². The second-order valence-corrected chi connectivity index (χ2v) is 3.11. The molecule has 0 N–H and O–H groups in total. The highest BCUT2D eigenvalue weighted by Gasteiger charge is 2.12. The first-order valence-corrected chi connectivity index (χ1v) is 4.30. The highest BCUT2D eigenvalue weighted by molar-refractivity contribution is 5.69. The number of aryl methyl sites for hydroxylation is 2. The Bertz CT molecular complexity index is 317. The Labute approximate surface area is 77.2 Å². The number of nitrogens with zero attached hydrogens (tertiary/aromatic N) is 2. The second kappa shape index (κ2) is 3.60. The van der Waals surface area contributed by atoms with Crippen molar-refractivity contribution in [1.82, 2.24) is 9.78 Å². The minimum absolute atomic E-state index is 0.490. The Morgan fingerprint density at radius 1 is 1.69 bits per heavy atom. The number of carbonyl (C=O) groups excluding carboxylic acids is 1. The number of rotatable bonds is 3. The van der Waals surface area contributed by atoms with E-state index in [2.05, 4.69) is 5.10 Å². The summed E-state index contributed by atoms with van der Waals surface area (Å²) in [7, 11) is 0. The summed E-state index contributed by atoms with van der Waals surface area (Å²) in [6, 6.07) is 1.21. The molecule has 1 aromatic rings. The fraction of sp³-hybridized carbons (Fsp3) is 0.556. The van der Waals surface area contributed by atoms with Gasteiger partial charge in [0.1, 0.15) is 0 Å². The number of hydrogen-bond donors (Lipinski definition) is 0. The van der Waals surface area contributed by atoms with Crippen molar-refractivity contribution in [3.63, 3.8) is 0 Å². The van der Waals surface area contributed by atoms with Crippen molar-refractivity contribution in [3.05, 3.63) is 17.5 Å². The molecule has 1 rings (SSSR count). The minimum atomic E-state index is -1.08. The number of aromatic nitrogens is 2. The van der Waals surface area contributed by atoms with Crippen LogP contribution >= 0.6 is 0 Å². The van der Waals surface area contributed by atoms with Crippen LogP contribution in [0.3, 0.4) is 0 Å². The summed E-state index contributed by atoms with van der Waals surface area (Å²) in [6.07, 6.45) is 0.490. The van der Waals surface area contributed by atoms with Crippen LogP contribution in [0.15, 0.2) is 6.07 Å². The maximum atomic E-state index is 10.7. The lowest BCUT2D eigenvalue weighted by Gasteiger charge is -2.17. The third-order valence-electron chi connectivity index (χ3n) is 2.00. The minimum Gasteiger partial charge on any atom is -0.548 e. The highest BCUT2D eigenvalue weighted by atomic mass is 16.4. The van der Waals surface area contributed by atoms with Gasteiger partial charge in [-0.25, -0.2) is 0 Å². The van der Waals surface area contributed by atoms with E-state index in [0.717, 1.165) is 11.4 Å². The SMILES string of the molecule is CC[C@@H](C(=O)[O-])n1nc(C)cc1C. The third kappa shape index (κ3) is 1.88. The molecule has 0 amide bonds. The Balaban J connectivity index is 3.04. The van der Waals surface area contributed by atoms with Gasteiger partial charge in [0.05, 0.1) is 17.7 Å². The Morgan fingerprint density at radius 3 is 2.62 bits per heavy atom. The van der Waals surface area contributed by atoms with Crippen molar-refractivity contribution in [2.75, 3.05) is 0 Å². The fourth-order valence-corrected chi connectivity index (χ4v) is 1.40. The van der Waals surface area contributed by atoms with Gasteiger partial charge in [0.15, 0.2) is 0 Å². The fourth-order valence-electron chi connectivity index (χ4n) is 1.40. The molecule has 4 heteroatoms. The van der Waals surface area contributed by atoms with Gasteiger partial charge in [-0.3, -0.25) is 4.68 Å². The lowest BCUT2D eigenvalue weighted by atomic mass is 10.2. The summed E-state index contributed by atoms with van der Waals surface area (Å²) in [5.41, 5.74) is 1.69. The van der Waals surface area contributed by atoms with Crippen LogP contribution in [0.4, 0.5) is 0 Å². The van der Waals surface area contributed by atoms with Crippen LogP contribution < -0.4 is 5.11 Å². The highest BCUT2D eigenvalue weighted by Crippen LogP contribution is 2.13. The molecule has 0 aliphatic rings. The van der Waals surface area contributed by atoms with E-state index in [1.54, 1.807) is 6.92 Å². The summed E-state index contributed by atoms with van der Waals surface area (Å²) in [5.74, 6) is -1.08. The van der Waals surface area contributed by atoms with E-state index in [9.17, 15) is 9.90 Å². The van der Waals surface area contributed by atoms with E-state index in [1.807, 2.05) is 19.9 Å². The molecule has 0 radical (unpaired) electrons. The Morgan fingerprint density at radius 2 is 2.31 bits per heavy atom. The van der Waals surface area contributed by atoms with Crippen molar-refractivity contribution >= 4 is 5.97 Å². The van der Waals surface area contributed by atoms with Gasteiger partial charge in [-0.2, -0.15) is 5.10 Å². The normalized spacial score (nSPS) is 12.8. The van der Waals surface area contributed by atoms with Crippen molar-refractivity contribution in [3.8, 4) is 0 Å². The molecular weight excluding hydrogens is 168 g/mol. The van der Waals surface area contributed by atoms with Gasteiger partial charge in [-0.15, -0.1) is 0 Å².